The summed E-state index contributed by atoms with van der Waals surface area (Å²) in [5.74, 6) is 3.00. The topological polar surface area (TPSA) is 26.0 Å². The fourth-order valence-electron chi connectivity index (χ4n) is 2.20. The van der Waals surface area contributed by atoms with E-state index in [1.54, 1.807) is 0 Å². The van der Waals surface area contributed by atoms with Crippen molar-refractivity contribution in [1.82, 2.24) is 0 Å². The number of rotatable bonds is 4. The van der Waals surface area contributed by atoms with Crippen LogP contribution >= 0.6 is 11.8 Å². The van der Waals surface area contributed by atoms with Crippen LogP contribution in [0.2, 0.25) is 0 Å². The third-order valence-corrected chi connectivity index (χ3v) is 3.97. The van der Waals surface area contributed by atoms with E-state index < -0.39 is 0 Å². The summed E-state index contributed by atoms with van der Waals surface area (Å²) in [5.41, 5.74) is 6.17. The minimum Gasteiger partial charge on any atom is -0.327 e. The second-order valence-electron chi connectivity index (χ2n) is 4.47. The Hall–Kier alpha value is 0.310. The van der Waals surface area contributed by atoms with Gasteiger partial charge in [0.25, 0.3) is 0 Å². The van der Waals surface area contributed by atoms with E-state index in [1.165, 1.54) is 37.9 Å². The quantitative estimate of drug-likeness (QED) is 0.757. The van der Waals surface area contributed by atoms with Gasteiger partial charge in [0.15, 0.2) is 0 Å². The van der Waals surface area contributed by atoms with Crippen molar-refractivity contribution in [3.05, 3.63) is 0 Å². The minimum absolute atomic E-state index is 0.472. The lowest BCUT2D eigenvalue weighted by Crippen LogP contribution is -2.33. The zero-order valence-corrected chi connectivity index (χ0v) is 9.78. The Morgan fingerprint density at radius 2 is 1.92 bits per heavy atom. The molecule has 0 aromatic carbocycles. The van der Waals surface area contributed by atoms with Gasteiger partial charge in [-0.3, -0.25) is 0 Å². The molecule has 1 saturated carbocycles. The van der Waals surface area contributed by atoms with E-state index in [-0.39, 0.29) is 0 Å². The van der Waals surface area contributed by atoms with Gasteiger partial charge in [-0.1, -0.05) is 19.8 Å². The lowest BCUT2D eigenvalue weighted by atomic mass is 9.79. The van der Waals surface area contributed by atoms with Gasteiger partial charge in [-0.05, 0) is 43.1 Å². The van der Waals surface area contributed by atoms with Crippen LogP contribution in [0.15, 0.2) is 0 Å². The van der Waals surface area contributed by atoms with Crippen LogP contribution < -0.4 is 5.73 Å². The van der Waals surface area contributed by atoms with E-state index in [2.05, 4.69) is 13.2 Å². The van der Waals surface area contributed by atoms with Crippen LogP contribution in [-0.2, 0) is 0 Å². The number of thioether (sulfide) groups is 1. The molecule has 0 radical (unpaired) electrons. The summed E-state index contributed by atoms with van der Waals surface area (Å²) in [5, 5.41) is 0. The highest BCUT2D eigenvalue weighted by atomic mass is 32.2. The summed E-state index contributed by atoms with van der Waals surface area (Å²) < 4.78 is 0. The van der Waals surface area contributed by atoms with Gasteiger partial charge in [0.05, 0.1) is 0 Å². The summed E-state index contributed by atoms with van der Waals surface area (Å²) >= 11 is 1.91. The molecule has 0 saturated heterocycles. The van der Waals surface area contributed by atoms with Crippen LogP contribution in [0.3, 0.4) is 0 Å². The van der Waals surface area contributed by atoms with Crippen molar-refractivity contribution in [2.75, 3.05) is 12.0 Å². The summed E-state index contributed by atoms with van der Waals surface area (Å²) in [6, 6.07) is 0.472. The molecule has 0 spiro atoms. The monoisotopic (exact) mass is 201 g/mol. The van der Waals surface area contributed by atoms with E-state index in [0.717, 1.165) is 11.8 Å². The molecule has 0 aliphatic heterocycles. The summed E-state index contributed by atoms with van der Waals surface area (Å²) in [6.45, 7) is 2.36. The normalized spacial score (nSPS) is 31.6. The summed E-state index contributed by atoms with van der Waals surface area (Å²) in [7, 11) is 0. The van der Waals surface area contributed by atoms with E-state index in [1.807, 2.05) is 11.8 Å². The Bertz CT molecular complexity index is 130. The van der Waals surface area contributed by atoms with Crippen molar-refractivity contribution in [2.24, 2.45) is 17.6 Å². The average Bonchev–Trinajstić information content (AvgIpc) is 2.15. The van der Waals surface area contributed by atoms with Gasteiger partial charge < -0.3 is 5.73 Å². The molecular formula is C11H23NS. The first-order chi connectivity index (χ1) is 6.24. The first-order valence-corrected chi connectivity index (χ1v) is 6.88. The van der Waals surface area contributed by atoms with Gasteiger partial charge >= 0.3 is 0 Å². The molecule has 78 valence electrons. The van der Waals surface area contributed by atoms with Crippen molar-refractivity contribution in [2.45, 2.75) is 45.1 Å². The maximum Gasteiger partial charge on any atom is 0.00750 e. The maximum atomic E-state index is 6.17. The first-order valence-electron chi connectivity index (χ1n) is 5.48. The molecule has 0 heterocycles. The molecule has 0 aromatic rings. The molecule has 1 unspecified atom stereocenters. The lowest BCUT2D eigenvalue weighted by Gasteiger charge is -2.30. The summed E-state index contributed by atoms with van der Waals surface area (Å²) in [4.78, 5) is 0. The fourth-order valence-corrected chi connectivity index (χ4v) is 2.71. The molecule has 1 fully saturated rings. The van der Waals surface area contributed by atoms with Crippen LogP contribution in [0.25, 0.3) is 0 Å². The standard InChI is InChI=1S/C11H23NS/c1-9-3-5-10(6-4-9)11(12)7-8-13-2/h9-11H,3-8,12H2,1-2H3. The Balaban J connectivity index is 2.19. The highest BCUT2D eigenvalue weighted by Gasteiger charge is 2.22. The van der Waals surface area contributed by atoms with E-state index in [0.29, 0.717) is 6.04 Å². The van der Waals surface area contributed by atoms with Crippen molar-refractivity contribution in [1.29, 1.82) is 0 Å². The zero-order chi connectivity index (χ0) is 9.68. The predicted octanol–water partition coefficient (Wildman–Crippen LogP) is 2.89. The van der Waals surface area contributed by atoms with Crippen LogP contribution in [0.4, 0.5) is 0 Å². The zero-order valence-electron chi connectivity index (χ0n) is 8.96. The Labute approximate surface area is 86.8 Å². The minimum atomic E-state index is 0.472. The van der Waals surface area contributed by atoms with Crippen LogP contribution in [0, 0.1) is 11.8 Å². The second-order valence-corrected chi connectivity index (χ2v) is 5.45. The largest absolute Gasteiger partial charge is 0.327 e. The Kier molecular flexibility index (Phi) is 5.18. The third kappa shape index (κ3) is 3.90. The van der Waals surface area contributed by atoms with Crippen molar-refractivity contribution < 1.29 is 0 Å². The smallest absolute Gasteiger partial charge is 0.00750 e. The molecule has 1 aliphatic carbocycles. The average molecular weight is 201 g/mol. The second kappa shape index (κ2) is 5.92. The number of nitrogens with two attached hydrogens (primary N) is 1. The maximum absolute atomic E-state index is 6.17. The SMILES string of the molecule is CSCCC(N)C1CCC(C)CC1. The van der Waals surface area contributed by atoms with Gasteiger partial charge in [-0.2, -0.15) is 11.8 Å². The van der Waals surface area contributed by atoms with E-state index in [9.17, 15) is 0 Å². The molecule has 2 heteroatoms. The molecule has 1 nitrogen and oxygen atoms in total. The van der Waals surface area contributed by atoms with E-state index >= 15 is 0 Å². The van der Waals surface area contributed by atoms with Gasteiger partial charge in [0.1, 0.15) is 0 Å². The molecule has 0 amide bonds. The Morgan fingerprint density at radius 1 is 1.31 bits per heavy atom. The van der Waals surface area contributed by atoms with E-state index in [4.69, 9.17) is 5.73 Å². The molecular weight excluding hydrogens is 178 g/mol. The number of hydrogen-bond acceptors (Lipinski definition) is 2. The Morgan fingerprint density at radius 3 is 2.46 bits per heavy atom. The first kappa shape index (κ1) is 11.4. The van der Waals surface area contributed by atoms with Crippen molar-refractivity contribution in [3.8, 4) is 0 Å². The molecule has 0 aromatic heterocycles. The van der Waals surface area contributed by atoms with Crippen LogP contribution in [0.1, 0.15) is 39.0 Å². The molecule has 2 N–H and O–H groups in total. The highest BCUT2D eigenvalue weighted by Crippen LogP contribution is 2.30. The summed E-state index contributed by atoms with van der Waals surface area (Å²) in [6.07, 6.45) is 8.92. The van der Waals surface area contributed by atoms with Gasteiger partial charge in [-0.15, -0.1) is 0 Å². The predicted molar refractivity (Wildman–Crippen MR) is 62.1 cm³/mol. The molecule has 0 bridgehead atoms. The number of hydrogen-bond donors (Lipinski definition) is 1. The van der Waals surface area contributed by atoms with Crippen molar-refractivity contribution in [3.63, 3.8) is 0 Å². The van der Waals surface area contributed by atoms with Crippen LogP contribution in [0.5, 0.6) is 0 Å². The highest BCUT2D eigenvalue weighted by molar-refractivity contribution is 7.98. The molecule has 1 atom stereocenters. The fraction of sp³-hybridized carbons (Fsp3) is 1.00. The molecule has 1 aliphatic rings. The van der Waals surface area contributed by atoms with Gasteiger partial charge in [-0.25, -0.2) is 0 Å². The van der Waals surface area contributed by atoms with Crippen LogP contribution in [-0.4, -0.2) is 18.1 Å². The van der Waals surface area contributed by atoms with Crippen molar-refractivity contribution >= 4 is 11.8 Å². The lowest BCUT2D eigenvalue weighted by molar-refractivity contribution is 0.252. The van der Waals surface area contributed by atoms with Gasteiger partial charge in [0, 0.05) is 6.04 Å². The molecule has 1 rings (SSSR count). The van der Waals surface area contributed by atoms with Gasteiger partial charge in [0.2, 0.25) is 0 Å². The third-order valence-electron chi connectivity index (χ3n) is 3.32. The molecule has 13 heavy (non-hydrogen) atoms.